The van der Waals surface area contributed by atoms with Crippen LogP contribution in [0.2, 0.25) is 0 Å². The van der Waals surface area contributed by atoms with Gasteiger partial charge in [0.1, 0.15) is 11.4 Å². The molecule has 0 atom stereocenters. The molecule has 1 aromatic heterocycles. The van der Waals surface area contributed by atoms with Gasteiger partial charge < -0.3 is 9.94 Å². The first-order chi connectivity index (χ1) is 15.8. The molecule has 0 saturated heterocycles. The Hall–Kier alpha value is -4.44. The highest BCUT2D eigenvalue weighted by molar-refractivity contribution is 5.84. The number of hydrogen-bond donors (Lipinski definition) is 0. The maximum Gasteiger partial charge on any atom is 0.294 e. The summed E-state index contributed by atoms with van der Waals surface area (Å²) in [6, 6.07) is 37.3. The second-order valence-corrected chi connectivity index (χ2v) is 7.45. The van der Waals surface area contributed by atoms with Crippen LogP contribution < -0.4 is 4.43 Å². The van der Waals surface area contributed by atoms with Crippen LogP contribution in [0.25, 0.3) is 45.0 Å². The van der Waals surface area contributed by atoms with Gasteiger partial charge in [-0.05, 0) is 24.3 Å². The third-order valence-corrected chi connectivity index (χ3v) is 5.45. The van der Waals surface area contributed by atoms with Crippen LogP contribution in [0.4, 0.5) is 0 Å². The first kappa shape index (κ1) is 19.5. The monoisotopic (exact) mass is 416 g/mol. The zero-order valence-corrected chi connectivity index (χ0v) is 17.3. The minimum absolute atomic E-state index is 0.324. The Balaban J connectivity index is 1.98. The average Bonchev–Trinajstić information content (AvgIpc) is 2.87. The van der Waals surface area contributed by atoms with Gasteiger partial charge in [-0.2, -0.15) is 0 Å². The number of nitrogens with zero attached hydrogens (tertiary/aromatic N) is 2. The van der Waals surface area contributed by atoms with Crippen LogP contribution in [0.1, 0.15) is 0 Å². The Kier molecular flexibility index (Phi) is 5.10. The van der Waals surface area contributed by atoms with Crippen LogP contribution >= 0.6 is 0 Å². The summed E-state index contributed by atoms with van der Waals surface area (Å²) in [5.41, 5.74) is 4.03. The maximum absolute atomic E-state index is 14.1. The number of rotatable bonds is 4. The molecule has 0 bridgehead atoms. The molecule has 5 rings (SSSR count). The Morgan fingerprint density at radius 2 is 0.750 bits per heavy atom. The smallest absolute Gasteiger partial charge is 0.294 e. The van der Waals surface area contributed by atoms with E-state index in [4.69, 9.17) is 0 Å². The van der Waals surface area contributed by atoms with E-state index >= 15 is 0 Å². The third-order valence-electron chi connectivity index (χ3n) is 5.45. The van der Waals surface area contributed by atoms with Crippen molar-refractivity contribution in [2.75, 3.05) is 0 Å². The lowest BCUT2D eigenvalue weighted by atomic mass is 9.99. The molecule has 0 amide bonds. The number of benzene rings is 4. The van der Waals surface area contributed by atoms with Crippen molar-refractivity contribution in [3.05, 3.63) is 131 Å². The summed E-state index contributed by atoms with van der Waals surface area (Å²) < 4.78 is 1.81. The molecule has 0 radical (unpaired) electrons. The van der Waals surface area contributed by atoms with Crippen molar-refractivity contribution in [3.63, 3.8) is 0 Å². The summed E-state index contributed by atoms with van der Waals surface area (Å²) in [6.07, 6.45) is 0. The molecule has 4 aromatic carbocycles. The zero-order chi connectivity index (χ0) is 21.9. The van der Waals surface area contributed by atoms with Gasteiger partial charge in [-0.3, -0.25) is 0 Å². The van der Waals surface area contributed by atoms with E-state index in [-0.39, 0.29) is 0 Å². The van der Waals surface area contributed by atoms with Gasteiger partial charge in [-0.25, -0.2) is 0 Å². The van der Waals surface area contributed by atoms with Gasteiger partial charge in [0.15, 0.2) is 0 Å². The summed E-state index contributed by atoms with van der Waals surface area (Å²) in [6.45, 7) is 0. The molecule has 0 N–H and O–H groups in total. The molecule has 4 heteroatoms. The molecule has 4 nitrogen and oxygen atoms in total. The molecule has 0 fully saturated rings. The van der Waals surface area contributed by atoms with Crippen LogP contribution in [0, 0.1) is 10.1 Å². The van der Waals surface area contributed by atoms with Crippen molar-refractivity contribution in [1.29, 1.82) is 0 Å². The van der Waals surface area contributed by atoms with E-state index in [0.29, 0.717) is 45.0 Å². The van der Waals surface area contributed by atoms with Gasteiger partial charge in [0.2, 0.25) is 0 Å². The molecule has 0 unspecified atom stereocenters. The van der Waals surface area contributed by atoms with Gasteiger partial charge in [-0.1, -0.05) is 97.1 Å². The first-order valence-electron chi connectivity index (χ1n) is 10.4. The van der Waals surface area contributed by atoms with Crippen molar-refractivity contribution in [1.82, 2.24) is 4.73 Å². The van der Waals surface area contributed by atoms with Crippen LogP contribution in [-0.2, 0) is 0 Å². The van der Waals surface area contributed by atoms with E-state index in [2.05, 4.69) is 0 Å². The predicted molar refractivity (Wildman–Crippen MR) is 128 cm³/mol. The fourth-order valence-corrected chi connectivity index (χ4v) is 4.01. The van der Waals surface area contributed by atoms with E-state index < -0.39 is 0 Å². The summed E-state index contributed by atoms with van der Waals surface area (Å²) in [4.78, 5) is 14.1. The normalized spacial score (nSPS) is 10.8. The summed E-state index contributed by atoms with van der Waals surface area (Å²) in [5, 5.41) is 14.1. The fraction of sp³-hybridized carbons (Fsp3) is 0. The average molecular weight is 416 g/mol. The topological polar surface area (TPSA) is 51.0 Å². The lowest BCUT2D eigenvalue weighted by molar-refractivity contribution is -0.469. The quantitative estimate of drug-likeness (QED) is 0.318. The summed E-state index contributed by atoms with van der Waals surface area (Å²) in [7, 11) is 0. The Bertz CT molecular complexity index is 1310. The molecule has 32 heavy (non-hydrogen) atoms. The summed E-state index contributed by atoms with van der Waals surface area (Å²) in [5.74, 6) is 0. The standard InChI is InChI=1S/C28H20N2O2/c31-29-25(21-13-5-1-6-14-21)26(22-15-7-2-8-16-22)30(32)28(24-19-11-4-12-20-24)27(29)23-17-9-3-10-18-23/h1-20H. The minimum atomic E-state index is 0.324. The van der Waals surface area contributed by atoms with Crippen LogP contribution in [0.15, 0.2) is 121 Å². The predicted octanol–water partition coefficient (Wildman–Crippen LogP) is 6.42. The fourth-order valence-electron chi connectivity index (χ4n) is 4.01. The van der Waals surface area contributed by atoms with E-state index in [0.717, 1.165) is 9.16 Å². The Labute approximate surface area is 185 Å². The van der Waals surface area contributed by atoms with Crippen molar-refractivity contribution in [2.45, 2.75) is 0 Å². The molecule has 154 valence electrons. The summed E-state index contributed by atoms with van der Waals surface area (Å²) >= 11 is 0. The highest BCUT2D eigenvalue weighted by Gasteiger charge is 2.31. The third kappa shape index (κ3) is 3.38. The maximum atomic E-state index is 14.1. The largest absolute Gasteiger partial charge is 0.805 e. The van der Waals surface area contributed by atoms with Gasteiger partial charge in [0.25, 0.3) is 11.4 Å². The van der Waals surface area contributed by atoms with Crippen LogP contribution in [-0.4, -0.2) is 4.73 Å². The SMILES string of the molecule is O=[n+]1c(-c2ccccc2)c(-c2ccccc2)n([O-])c(-c2ccccc2)c1-c1ccccc1. The molecule has 0 saturated carbocycles. The highest BCUT2D eigenvalue weighted by Crippen LogP contribution is 2.37. The van der Waals surface area contributed by atoms with Gasteiger partial charge in [-0.15, -0.1) is 0 Å². The van der Waals surface area contributed by atoms with Gasteiger partial charge in [0.05, 0.1) is 15.6 Å². The molecule has 1 heterocycles. The lowest BCUT2D eigenvalue weighted by Gasteiger charge is -2.23. The second-order valence-electron chi connectivity index (χ2n) is 7.45. The molecular weight excluding hydrogens is 396 g/mol. The Morgan fingerprint density at radius 1 is 0.469 bits per heavy atom. The van der Waals surface area contributed by atoms with Gasteiger partial charge in [0, 0.05) is 16.0 Å². The number of hydrogen-bond acceptors (Lipinski definition) is 2. The molecule has 0 spiro atoms. The van der Waals surface area contributed by atoms with Crippen molar-refractivity contribution in [2.24, 2.45) is 0 Å². The highest BCUT2D eigenvalue weighted by atomic mass is 16.5. The molecule has 0 aliphatic rings. The molecular formula is C28H20N2O2. The Morgan fingerprint density at radius 3 is 1.06 bits per heavy atom. The van der Waals surface area contributed by atoms with Crippen LogP contribution in [0.5, 0.6) is 0 Å². The van der Waals surface area contributed by atoms with Crippen LogP contribution in [0.3, 0.4) is 0 Å². The molecule has 0 aliphatic heterocycles. The van der Waals surface area contributed by atoms with E-state index in [1.54, 1.807) is 0 Å². The van der Waals surface area contributed by atoms with Gasteiger partial charge >= 0.3 is 0 Å². The first-order valence-corrected chi connectivity index (χ1v) is 10.4. The zero-order valence-electron chi connectivity index (χ0n) is 17.3. The second kappa shape index (κ2) is 8.36. The molecule has 0 aliphatic carbocycles. The van der Waals surface area contributed by atoms with E-state index in [9.17, 15) is 10.1 Å². The minimum Gasteiger partial charge on any atom is -0.805 e. The van der Waals surface area contributed by atoms with Crippen molar-refractivity contribution in [3.8, 4) is 45.0 Å². The van der Waals surface area contributed by atoms with E-state index in [1.807, 2.05) is 121 Å². The lowest BCUT2D eigenvalue weighted by Crippen LogP contribution is -2.27. The van der Waals surface area contributed by atoms with E-state index in [1.165, 1.54) is 0 Å². The van der Waals surface area contributed by atoms with Crippen molar-refractivity contribution < 1.29 is 4.43 Å². The number of aromatic nitrogens is 2. The van der Waals surface area contributed by atoms with Crippen molar-refractivity contribution >= 4 is 0 Å². The molecule has 5 aromatic rings.